The van der Waals surface area contributed by atoms with Crippen LogP contribution >= 0.6 is 22.6 Å². The highest BCUT2D eigenvalue weighted by Gasteiger charge is 2.42. The maximum atomic E-state index is 12.8. The van der Waals surface area contributed by atoms with Crippen LogP contribution in [0, 0.1) is 0 Å². The van der Waals surface area contributed by atoms with Gasteiger partial charge in [-0.25, -0.2) is 4.39 Å². The standard InChI is InChI=1S/C6H10FIO4/c7-6-3(8)5(11)4(10)2(1-9)12-6/h2-6,9-11H,1H2/t2-,3-,4+,5+,6?/m1/s1. The van der Waals surface area contributed by atoms with Crippen molar-refractivity contribution in [2.75, 3.05) is 6.61 Å². The van der Waals surface area contributed by atoms with Gasteiger partial charge in [-0.15, -0.1) is 0 Å². The second kappa shape index (κ2) is 4.14. The molecule has 0 aromatic heterocycles. The van der Waals surface area contributed by atoms with Crippen LogP contribution in [0.4, 0.5) is 4.39 Å². The Kier molecular flexibility index (Phi) is 3.65. The number of rotatable bonds is 1. The lowest BCUT2D eigenvalue weighted by Crippen LogP contribution is -2.55. The lowest BCUT2D eigenvalue weighted by Gasteiger charge is -2.36. The molecule has 1 aliphatic rings. The van der Waals surface area contributed by atoms with Gasteiger partial charge in [-0.1, -0.05) is 22.6 Å². The number of aliphatic hydroxyl groups is 3. The predicted octanol–water partition coefficient (Wildman–Crippen LogP) is -0.802. The zero-order chi connectivity index (χ0) is 9.30. The second-order valence-corrected chi connectivity index (χ2v) is 4.07. The lowest BCUT2D eigenvalue weighted by molar-refractivity contribution is -0.206. The van der Waals surface area contributed by atoms with Crippen molar-refractivity contribution in [3.63, 3.8) is 0 Å². The van der Waals surface area contributed by atoms with Gasteiger partial charge in [0, 0.05) is 0 Å². The number of alkyl halides is 2. The minimum atomic E-state index is -1.64. The van der Waals surface area contributed by atoms with E-state index < -0.39 is 35.2 Å². The highest BCUT2D eigenvalue weighted by molar-refractivity contribution is 14.1. The highest BCUT2D eigenvalue weighted by Crippen LogP contribution is 2.27. The summed E-state index contributed by atoms with van der Waals surface area (Å²) in [6.45, 7) is -0.498. The summed E-state index contributed by atoms with van der Waals surface area (Å²) < 4.78 is 16.6. The van der Waals surface area contributed by atoms with E-state index in [9.17, 15) is 14.6 Å². The van der Waals surface area contributed by atoms with E-state index in [2.05, 4.69) is 4.74 Å². The molecule has 4 nitrogen and oxygen atoms in total. The monoisotopic (exact) mass is 292 g/mol. The van der Waals surface area contributed by atoms with Gasteiger partial charge in [-0.3, -0.25) is 0 Å². The van der Waals surface area contributed by atoms with E-state index in [-0.39, 0.29) is 0 Å². The molecule has 1 fully saturated rings. The molecule has 0 saturated carbocycles. The molecule has 0 aliphatic carbocycles. The van der Waals surface area contributed by atoms with E-state index in [1.165, 1.54) is 0 Å². The van der Waals surface area contributed by atoms with Crippen molar-refractivity contribution in [3.05, 3.63) is 0 Å². The SMILES string of the molecule is OC[C@H]1OC(F)[C@H](I)[C@H](O)[C@H]1O. The largest absolute Gasteiger partial charge is 0.394 e. The Morgan fingerprint density at radius 3 is 2.42 bits per heavy atom. The molecule has 0 aromatic carbocycles. The summed E-state index contributed by atoms with van der Waals surface area (Å²) in [5, 5.41) is 27.1. The summed E-state index contributed by atoms with van der Waals surface area (Å²) >= 11 is 1.66. The van der Waals surface area contributed by atoms with Crippen molar-refractivity contribution in [3.8, 4) is 0 Å². The normalized spacial score (nSPS) is 49.2. The summed E-state index contributed by atoms with van der Waals surface area (Å²) in [7, 11) is 0. The van der Waals surface area contributed by atoms with Crippen molar-refractivity contribution < 1.29 is 24.4 Å². The molecule has 1 saturated heterocycles. The van der Waals surface area contributed by atoms with Gasteiger partial charge in [0.15, 0.2) is 0 Å². The fourth-order valence-electron chi connectivity index (χ4n) is 1.04. The van der Waals surface area contributed by atoms with Crippen molar-refractivity contribution in [1.29, 1.82) is 0 Å². The van der Waals surface area contributed by atoms with Gasteiger partial charge in [-0.2, -0.15) is 0 Å². The average molecular weight is 292 g/mol. The number of hydrogen-bond donors (Lipinski definition) is 3. The lowest BCUT2D eigenvalue weighted by atomic mass is 10.0. The molecule has 0 aromatic rings. The molecular weight excluding hydrogens is 282 g/mol. The van der Waals surface area contributed by atoms with Crippen LogP contribution in [0.25, 0.3) is 0 Å². The molecule has 72 valence electrons. The summed E-state index contributed by atoms with van der Waals surface area (Å²) in [6.07, 6.45) is -5.07. The van der Waals surface area contributed by atoms with Gasteiger partial charge >= 0.3 is 0 Å². The Morgan fingerprint density at radius 2 is 1.92 bits per heavy atom. The summed E-state index contributed by atoms with van der Waals surface area (Å²) in [4.78, 5) is 0. The minimum absolute atomic E-state index is 0.498. The number of halogens is 2. The first kappa shape index (κ1) is 10.6. The quantitative estimate of drug-likeness (QED) is 0.437. The van der Waals surface area contributed by atoms with Gasteiger partial charge in [0.2, 0.25) is 6.36 Å². The van der Waals surface area contributed by atoms with Crippen molar-refractivity contribution >= 4 is 22.6 Å². The molecular formula is C6H10FIO4. The Morgan fingerprint density at radius 1 is 1.33 bits per heavy atom. The van der Waals surface area contributed by atoms with Crippen LogP contribution in [0.3, 0.4) is 0 Å². The van der Waals surface area contributed by atoms with Crippen LogP contribution < -0.4 is 0 Å². The van der Waals surface area contributed by atoms with Crippen LogP contribution in [0.15, 0.2) is 0 Å². The third kappa shape index (κ3) is 1.87. The molecule has 3 N–H and O–H groups in total. The van der Waals surface area contributed by atoms with E-state index in [1.807, 2.05) is 0 Å². The van der Waals surface area contributed by atoms with Crippen LogP contribution in [0.1, 0.15) is 0 Å². The topological polar surface area (TPSA) is 69.9 Å². The molecule has 1 unspecified atom stereocenters. The first-order chi connectivity index (χ1) is 5.57. The van der Waals surface area contributed by atoms with Gasteiger partial charge in [0.1, 0.15) is 12.2 Å². The van der Waals surface area contributed by atoms with Crippen molar-refractivity contribution in [1.82, 2.24) is 0 Å². The number of ether oxygens (including phenoxy) is 1. The van der Waals surface area contributed by atoms with Gasteiger partial charge in [0.05, 0.1) is 16.6 Å². The molecule has 5 atom stereocenters. The molecule has 6 heteroatoms. The number of aliphatic hydroxyl groups excluding tert-OH is 3. The summed E-state index contributed by atoms with van der Waals surface area (Å²) in [5.41, 5.74) is 0. The molecule has 1 aliphatic heterocycles. The molecule has 0 spiro atoms. The first-order valence-corrected chi connectivity index (χ1v) is 4.73. The zero-order valence-corrected chi connectivity index (χ0v) is 8.26. The van der Waals surface area contributed by atoms with Crippen molar-refractivity contribution in [2.24, 2.45) is 0 Å². The highest BCUT2D eigenvalue weighted by atomic mass is 127. The van der Waals surface area contributed by atoms with Crippen LogP contribution in [0.5, 0.6) is 0 Å². The molecule has 1 rings (SSSR count). The Hall–Kier alpha value is 0.500. The molecule has 0 radical (unpaired) electrons. The molecule has 0 amide bonds. The third-order valence-electron chi connectivity index (χ3n) is 1.79. The van der Waals surface area contributed by atoms with E-state index in [0.29, 0.717) is 0 Å². The molecule has 1 heterocycles. The van der Waals surface area contributed by atoms with Crippen LogP contribution in [-0.4, -0.2) is 50.5 Å². The van der Waals surface area contributed by atoms with Crippen LogP contribution in [-0.2, 0) is 4.74 Å². The molecule has 0 bridgehead atoms. The second-order valence-electron chi connectivity index (χ2n) is 2.63. The summed E-state index contributed by atoms with van der Waals surface area (Å²) in [5.74, 6) is 0. The predicted molar refractivity (Wildman–Crippen MR) is 46.7 cm³/mol. The van der Waals surface area contributed by atoms with Gasteiger partial charge < -0.3 is 20.1 Å². The van der Waals surface area contributed by atoms with E-state index in [4.69, 9.17) is 5.11 Å². The molecule has 12 heavy (non-hydrogen) atoms. The fourth-order valence-corrected chi connectivity index (χ4v) is 1.63. The Bertz CT molecular complexity index is 154. The van der Waals surface area contributed by atoms with E-state index in [0.717, 1.165) is 0 Å². The maximum absolute atomic E-state index is 12.8. The van der Waals surface area contributed by atoms with Crippen LogP contribution in [0.2, 0.25) is 0 Å². The Labute approximate surface area is 82.5 Å². The minimum Gasteiger partial charge on any atom is -0.394 e. The fraction of sp³-hybridized carbons (Fsp3) is 1.00. The number of hydrogen-bond acceptors (Lipinski definition) is 4. The van der Waals surface area contributed by atoms with Gasteiger partial charge in [0.25, 0.3) is 0 Å². The Balaban J connectivity index is 2.63. The first-order valence-electron chi connectivity index (χ1n) is 3.48. The van der Waals surface area contributed by atoms with Crippen molar-refractivity contribution in [2.45, 2.75) is 28.6 Å². The zero-order valence-electron chi connectivity index (χ0n) is 6.10. The average Bonchev–Trinajstić information content (AvgIpc) is 2.08. The summed E-state index contributed by atoms with van der Waals surface area (Å²) in [6, 6.07) is 0. The van der Waals surface area contributed by atoms with E-state index >= 15 is 0 Å². The smallest absolute Gasteiger partial charge is 0.213 e. The van der Waals surface area contributed by atoms with Gasteiger partial charge in [-0.05, 0) is 0 Å². The third-order valence-corrected chi connectivity index (χ3v) is 3.09. The maximum Gasteiger partial charge on any atom is 0.213 e. The van der Waals surface area contributed by atoms with E-state index in [1.54, 1.807) is 22.6 Å².